The highest BCUT2D eigenvalue weighted by Crippen LogP contribution is 2.21. The zero-order valence-corrected chi connectivity index (χ0v) is 12.3. The Labute approximate surface area is 122 Å². The van der Waals surface area contributed by atoms with Gasteiger partial charge in [-0.2, -0.15) is 0 Å². The lowest BCUT2D eigenvalue weighted by Gasteiger charge is -2.21. The molecule has 1 aromatic carbocycles. The first-order chi connectivity index (χ1) is 8.43. The van der Waals surface area contributed by atoms with Gasteiger partial charge in [-0.3, -0.25) is 4.79 Å². The molecule has 1 aromatic rings. The number of halogens is 5. The van der Waals surface area contributed by atoms with Crippen molar-refractivity contribution in [1.82, 2.24) is 4.90 Å². The third-order valence-electron chi connectivity index (χ3n) is 2.11. The monoisotopic (exact) mass is 359 g/mol. The van der Waals surface area contributed by atoms with E-state index in [4.69, 9.17) is 23.2 Å². The topological polar surface area (TPSA) is 20.3 Å². The summed E-state index contributed by atoms with van der Waals surface area (Å²) in [7, 11) is 0. The lowest BCUT2D eigenvalue weighted by Crippen LogP contribution is -2.36. The number of carbonyl (C=O) groups is 1. The Hall–Kier alpha value is -0.390. The average molecular weight is 361 g/mol. The number of amides is 1. The van der Waals surface area contributed by atoms with Crippen LogP contribution in [0, 0.1) is 0 Å². The van der Waals surface area contributed by atoms with E-state index < -0.39 is 18.9 Å². The van der Waals surface area contributed by atoms with Crippen molar-refractivity contribution in [1.29, 1.82) is 0 Å². The van der Waals surface area contributed by atoms with Crippen molar-refractivity contribution < 1.29 is 13.6 Å². The van der Waals surface area contributed by atoms with Gasteiger partial charge in [0.25, 0.3) is 12.3 Å². The summed E-state index contributed by atoms with van der Waals surface area (Å²) >= 11 is 14.5. The highest BCUT2D eigenvalue weighted by molar-refractivity contribution is 9.10. The number of hydrogen-bond donors (Lipinski definition) is 0. The summed E-state index contributed by atoms with van der Waals surface area (Å²) in [5.74, 6) is -0.417. The first kappa shape index (κ1) is 15.7. The molecule has 0 aromatic heterocycles. The standard InChI is InChI=1S/C11H10BrCl2F2NO/c12-8-3-7(4-9(14)5-8)11(18)17(2-1-13)6-10(15)16/h3-5,10H,1-2,6H2. The van der Waals surface area contributed by atoms with Crippen LogP contribution >= 0.6 is 39.1 Å². The lowest BCUT2D eigenvalue weighted by atomic mass is 10.2. The van der Waals surface area contributed by atoms with E-state index in [9.17, 15) is 13.6 Å². The molecule has 1 amide bonds. The van der Waals surface area contributed by atoms with Gasteiger partial charge in [-0.15, -0.1) is 11.6 Å². The van der Waals surface area contributed by atoms with E-state index in [0.29, 0.717) is 9.50 Å². The number of rotatable bonds is 5. The lowest BCUT2D eigenvalue weighted by molar-refractivity contribution is 0.0571. The van der Waals surface area contributed by atoms with Gasteiger partial charge in [-0.25, -0.2) is 8.78 Å². The second-order valence-corrected chi connectivity index (χ2v) is 5.22. The molecule has 0 atom stereocenters. The van der Waals surface area contributed by atoms with E-state index in [0.717, 1.165) is 4.90 Å². The summed E-state index contributed by atoms with van der Waals surface area (Å²) in [4.78, 5) is 13.0. The molecule has 0 fully saturated rings. The average Bonchev–Trinajstić information content (AvgIpc) is 2.25. The van der Waals surface area contributed by atoms with Crippen LogP contribution in [0.3, 0.4) is 0 Å². The fourth-order valence-corrected chi connectivity index (χ4v) is 2.47. The SMILES string of the molecule is O=C(c1cc(Cl)cc(Br)c1)N(CCCl)CC(F)F. The fourth-order valence-electron chi connectivity index (χ4n) is 1.40. The van der Waals surface area contributed by atoms with Crippen molar-refractivity contribution in [3.8, 4) is 0 Å². The van der Waals surface area contributed by atoms with Crippen LogP contribution in [0.1, 0.15) is 10.4 Å². The van der Waals surface area contributed by atoms with Crippen LogP contribution in [0.25, 0.3) is 0 Å². The van der Waals surface area contributed by atoms with Gasteiger partial charge in [-0.05, 0) is 18.2 Å². The van der Waals surface area contributed by atoms with Crippen molar-refractivity contribution >= 4 is 45.0 Å². The van der Waals surface area contributed by atoms with Gasteiger partial charge in [0.1, 0.15) is 0 Å². The quantitative estimate of drug-likeness (QED) is 0.725. The third-order valence-corrected chi connectivity index (χ3v) is 2.95. The fraction of sp³-hybridized carbons (Fsp3) is 0.364. The molecule has 7 heteroatoms. The van der Waals surface area contributed by atoms with Crippen LogP contribution in [-0.2, 0) is 0 Å². The van der Waals surface area contributed by atoms with Gasteiger partial charge < -0.3 is 4.90 Å². The van der Waals surface area contributed by atoms with Crippen LogP contribution < -0.4 is 0 Å². The Morgan fingerprint density at radius 2 is 2.06 bits per heavy atom. The van der Waals surface area contributed by atoms with Crippen molar-refractivity contribution in [3.63, 3.8) is 0 Å². The maximum Gasteiger partial charge on any atom is 0.255 e. The van der Waals surface area contributed by atoms with Crippen molar-refractivity contribution in [2.75, 3.05) is 19.0 Å². The van der Waals surface area contributed by atoms with E-state index in [1.54, 1.807) is 6.07 Å². The smallest absolute Gasteiger partial charge is 0.255 e. The van der Waals surface area contributed by atoms with Gasteiger partial charge in [0.2, 0.25) is 0 Å². The molecule has 0 aliphatic carbocycles. The molecule has 1 rings (SSSR count). The van der Waals surface area contributed by atoms with Crippen LogP contribution in [-0.4, -0.2) is 36.2 Å². The molecule has 0 radical (unpaired) electrons. The number of alkyl halides is 3. The summed E-state index contributed by atoms with van der Waals surface area (Å²) in [5, 5.41) is 0.357. The number of carbonyl (C=O) groups excluding carboxylic acids is 1. The molecular weight excluding hydrogens is 351 g/mol. The predicted octanol–water partition coefficient (Wildman–Crippen LogP) is 4.05. The van der Waals surface area contributed by atoms with Crippen molar-refractivity contribution in [2.45, 2.75) is 6.43 Å². The summed E-state index contributed by atoms with van der Waals surface area (Å²) in [6.07, 6.45) is -2.60. The molecule has 0 saturated carbocycles. The van der Waals surface area contributed by atoms with Crippen molar-refractivity contribution in [2.24, 2.45) is 0 Å². The Kier molecular flexibility index (Phi) is 6.32. The first-order valence-electron chi connectivity index (χ1n) is 5.03. The van der Waals surface area contributed by atoms with Crippen LogP contribution in [0.15, 0.2) is 22.7 Å². The van der Waals surface area contributed by atoms with Gasteiger partial charge in [-0.1, -0.05) is 27.5 Å². The normalized spacial score (nSPS) is 10.8. The van der Waals surface area contributed by atoms with Crippen LogP contribution in [0.4, 0.5) is 8.78 Å². The molecule has 100 valence electrons. The van der Waals surface area contributed by atoms with E-state index in [2.05, 4.69) is 15.9 Å². The van der Waals surface area contributed by atoms with E-state index in [1.807, 2.05) is 0 Å². The van der Waals surface area contributed by atoms with Crippen LogP contribution in [0.5, 0.6) is 0 Å². The maximum atomic E-state index is 12.4. The molecule has 0 spiro atoms. The molecule has 0 aliphatic heterocycles. The Morgan fingerprint density at radius 1 is 1.39 bits per heavy atom. The van der Waals surface area contributed by atoms with Gasteiger partial charge in [0, 0.05) is 27.5 Å². The molecule has 0 N–H and O–H groups in total. The van der Waals surface area contributed by atoms with Gasteiger partial charge in [0.05, 0.1) is 6.54 Å². The molecule has 0 aliphatic rings. The maximum absolute atomic E-state index is 12.4. The second kappa shape index (κ2) is 7.26. The third kappa shape index (κ3) is 4.71. The van der Waals surface area contributed by atoms with Gasteiger partial charge in [0.15, 0.2) is 0 Å². The second-order valence-electron chi connectivity index (χ2n) is 3.49. The van der Waals surface area contributed by atoms with Gasteiger partial charge >= 0.3 is 0 Å². The summed E-state index contributed by atoms with van der Waals surface area (Å²) < 4.78 is 25.4. The van der Waals surface area contributed by atoms with E-state index >= 15 is 0 Å². The van der Waals surface area contributed by atoms with E-state index in [1.165, 1.54) is 12.1 Å². The summed E-state index contributed by atoms with van der Waals surface area (Å²) in [6.45, 7) is -0.579. The Bertz CT molecular complexity index is 411. The molecule has 0 bridgehead atoms. The Balaban J connectivity index is 2.93. The van der Waals surface area contributed by atoms with Crippen molar-refractivity contribution in [3.05, 3.63) is 33.3 Å². The Morgan fingerprint density at radius 3 is 2.56 bits per heavy atom. The number of benzene rings is 1. The van der Waals surface area contributed by atoms with E-state index in [-0.39, 0.29) is 18.0 Å². The molecule has 2 nitrogen and oxygen atoms in total. The number of nitrogens with zero attached hydrogens (tertiary/aromatic N) is 1. The number of hydrogen-bond acceptors (Lipinski definition) is 1. The summed E-state index contributed by atoms with van der Waals surface area (Å²) in [6, 6.07) is 4.57. The minimum Gasteiger partial charge on any atom is -0.332 e. The predicted molar refractivity (Wildman–Crippen MR) is 71.8 cm³/mol. The molecule has 18 heavy (non-hydrogen) atoms. The molecule has 0 unspecified atom stereocenters. The zero-order chi connectivity index (χ0) is 13.7. The zero-order valence-electron chi connectivity index (χ0n) is 9.18. The minimum atomic E-state index is -2.60. The van der Waals surface area contributed by atoms with Crippen LogP contribution in [0.2, 0.25) is 5.02 Å². The minimum absolute atomic E-state index is 0.0643. The molecule has 0 heterocycles. The summed E-state index contributed by atoms with van der Waals surface area (Å²) in [5.41, 5.74) is 0.250. The largest absolute Gasteiger partial charge is 0.332 e. The highest BCUT2D eigenvalue weighted by Gasteiger charge is 2.19. The molecular formula is C11H10BrCl2F2NO. The highest BCUT2D eigenvalue weighted by atomic mass is 79.9. The molecule has 0 saturated heterocycles. The first-order valence-corrected chi connectivity index (χ1v) is 6.74.